The van der Waals surface area contributed by atoms with Gasteiger partial charge in [0.2, 0.25) is 0 Å². The Balaban J connectivity index is 1.90. The number of morpholine rings is 1. The Morgan fingerprint density at radius 2 is 2.50 bits per heavy atom. The van der Waals surface area contributed by atoms with Gasteiger partial charge in [-0.15, -0.1) is 0 Å². The Bertz CT molecular complexity index is 318. The van der Waals surface area contributed by atoms with Crippen LogP contribution >= 0.6 is 0 Å². The molecule has 0 bridgehead atoms. The molecule has 1 aromatic heterocycles. The zero-order valence-electron chi connectivity index (χ0n) is 9.80. The van der Waals surface area contributed by atoms with Crippen molar-refractivity contribution < 1.29 is 9.47 Å². The Morgan fingerprint density at radius 3 is 3.19 bits per heavy atom. The summed E-state index contributed by atoms with van der Waals surface area (Å²) in [5.41, 5.74) is 0. The second-order valence-electron chi connectivity index (χ2n) is 4.18. The molecule has 0 saturated carbocycles. The monoisotopic (exact) mass is 222 g/mol. The van der Waals surface area contributed by atoms with Gasteiger partial charge in [-0.25, -0.2) is 0 Å². The lowest BCUT2D eigenvalue weighted by molar-refractivity contribution is -0.0690. The highest BCUT2D eigenvalue weighted by Gasteiger charge is 2.24. The summed E-state index contributed by atoms with van der Waals surface area (Å²) in [6.07, 6.45) is 3.65. The van der Waals surface area contributed by atoms with Crippen LogP contribution in [-0.2, 0) is 4.74 Å². The molecule has 1 aliphatic heterocycles. The fourth-order valence-electron chi connectivity index (χ4n) is 1.80. The maximum Gasteiger partial charge on any atom is 0.138 e. The molecular weight excluding hydrogens is 204 g/mol. The standard InChI is InChI=1S/C12H18N2O2/c1-10(12-9-14(2)6-7-15-12)16-11-4-3-5-13-8-11/h3-5,8,10,12H,6-7,9H2,1-2H3/t10-,12-/m1/s1. The van der Waals surface area contributed by atoms with E-state index >= 15 is 0 Å². The predicted molar refractivity (Wildman–Crippen MR) is 61.6 cm³/mol. The fourth-order valence-corrected chi connectivity index (χ4v) is 1.80. The normalized spacial score (nSPS) is 24.0. The molecule has 0 amide bonds. The third-order valence-electron chi connectivity index (χ3n) is 2.78. The zero-order chi connectivity index (χ0) is 11.4. The van der Waals surface area contributed by atoms with Crippen molar-refractivity contribution in [2.75, 3.05) is 26.7 Å². The lowest BCUT2D eigenvalue weighted by Gasteiger charge is -2.33. The van der Waals surface area contributed by atoms with E-state index in [9.17, 15) is 0 Å². The molecule has 2 heterocycles. The van der Waals surface area contributed by atoms with Crippen molar-refractivity contribution in [1.82, 2.24) is 9.88 Å². The Kier molecular flexibility index (Phi) is 3.74. The van der Waals surface area contributed by atoms with Crippen LogP contribution in [0.4, 0.5) is 0 Å². The van der Waals surface area contributed by atoms with Gasteiger partial charge in [0.15, 0.2) is 0 Å². The van der Waals surface area contributed by atoms with Crippen molar-refractivity contribution in [3.8, 4) is 5.75 Å². The summed E-state index contributed by atoms with van der Waals surface area (Å²) in [5.74, 6) is 0.798. The number of aromatic nitrogens is 1. The predicted octanol–water partition coefficient (Wildman–Crippen LogP) is 1.18. The Morgan fingerprint density at radius 1 is 1.62 bits per heavy atom. The van der Waals surface area contributed by atoms with Crippen LogP contribution in [0.15, 0.2) is 24.5 Å². The highest BCUT2D eigenvalue weighted by Crippen LogP contribution is 2.15. The summed E-state index contributed by atoms with van der Waals surface area (Å²) in [6, 6.07) is 3.78. The third kappa shape index (κ3) is 2.93. The number of likely N-dealkylation sites (N-methyl/N-ethyl adjacent to an activating group) is 1. The molecule has 16 heavy (non-hydrogen) atoms. The molecule has 1 aliphatic rings. The molecule has 4 nitrogen and oxygen atoms in total. The fraction of sp³-hybridized carbons (Fsp3) is 0.583. The summed E-state index contributed by atoms with van der Waals surface area (Å²) < 4.78 is 11.5. The Labute approximate surface area is 96.2 Å². The minimum atomic E-state index is 0.0481. The SMILES string of the molecule is C[C@@H](Oc1cccnc1)[C@H]1CN(C)CCO1. The van der Waals surface area contributed by atoms with Gasteiger partial charge in [-0.1, -0.05) is 0 Å². The van der Waals surface area contributed by atoms with Crippen LogP contribution in [0.1, 0.15) is 6.92 Å². The van der Waals surface area contributed by atoms with Gasteiger partial charge < -0.3 is 14.4 Å². The number of nitrogens with zero attached hydrogens (tertiary/aromatic N) is 2. The highest BCUT2D eigenvalue weighted by molar-refractivity contribution is 5.15. The van der Waals surface area contributed by atoms with E-state index < -0.39 is 0 Å². The molecule has 1 saturated heterocycles. The van der Waals surface area contributed by atoms with Gasteiger partial charge in [-0.2, -0.15) is 0 Å². The van der Waals surface area contributed by atoms with Crippen LogP contribution in [0, 0.1) is 0 Å². The van der Waals surface area contributed by atoms with Crippen molar-refractivity contribution in [3.63, 3.8) is 0 Å². The van der Waals surface area contributed by atoms with Gasteiger partial charge in [0.25, 0.3) is 0 Å². The molecule has 88 valence electrons. The average molecular weight is 222 g/mol. The summed E-state index contributed by atoms with van der Waals surface area (Å²) in [4.78, 5) is 6.28. The van der Waals surface area contributed by atoms with Crippen molar-refractivity contribution in [2.24, 2.45) is 0 Å². The molecule has 0 N–H and O–H groups in total. The average Bonchev–Trinajstić information content (AvgIpc) is 2.30. The largest absolute Gasteiger partial charge is 0.486 e. The van der Waals surface area contributed by atoms with E-state index in [4.69, 9.17) is 9.47 Å². The van der Waals surface area contributed by atoms with E-state index in [0.29, 0.717) is 0 Å². The first-order valence-electron chi connectivity index (χ1n) is 5.62. The van der Waals surface area contributed by atoms with Crippen molar-refractivity contribution >= 4 is 0 Å². The molecule has 4 heteroatoms. The van der Waals surface area contributed by atoms with E-state index in [1.165, 1.54) is 0 Å². The number of hydrogen-bond donors (Lipinski definition) is 0. The summed E-state index contributed by atoms with van der Waals surface area (Å²) in [5, 5.41) is 0. The van der Waals surface area contributed by atoms with E-state index in [0.717, 1.165) is 25.4 Å². The molecule has 0 aliphatic carbocycles. The zero-order valence-corrected chi connectivity index (χ0v) is 9.80. The maximum atomic E-state index is 5.79. The molecule has 0 spiro atoms. The summed E-state index contributed by atoms with van der Waals surface area (Å²) in [6.45, 7) is 4.73. The number of rotatable bonds is 3. The van der Waals surface area contributed by atoms with Crippen molar-refractivity contribution in [3.05, 3.63) is 24.5 Å². The first kappa shape index (κ1) is 11.4. The number of pyridine rings is 1. The van der Waals surface area contributed by atoms with Crippen molar-refractivity contribution in [2.45, 2.75) is 19.1 Å². The molecule has 2 rings (SSSR count). The van der Waals surface area contributed by atoms with Crippen LogP contribution in [0.3, 0.4) is 0 Å². The number of ether oxygens (including phenoxy) is 2. The molecule has 1 fully saturated rings. The van der Waals surface area contributed by atoms with Crippen LogP contribution in [-0.4, -0.2) is 48.8 Å². The van der Waals surface area contributed by atoms with E-state index in [1.54, 1.807) is 12.4 Å². The second-order valence-corrected chi connectivity index (χ2v) is 4.18. The minimum absolute atomic E-state index is 0.0481. The lowest BCUT2D eigenvalue weighted by Crippen LogP contribution is -2.46. The first-order valence-corrected chi connectivity index (χ1v) is 5.62. The van der Waals surface area contributed by atoms with E-state index in [-0.39, 0.29) is 12.2 Å². The third-order valence-corrected chi connectivity index (χ3v) is 2.78. The van der Waals surface area contributed by atoms with Crippen LogP contribution in [0.2, 0.25) is 0 Å². The summed E-state index contributed by atoms with van der Waals surface area (Å²) >= 11 is 0. The van der Waals surface area contributed by atoms with Crippen LogP contribution < -0.4 is 4.74 Å². The van der Waals surface area contributed by atoms with Crippen LogP contribution in [0.5, 0.6) is 5.75 Å². The van der Waals surface area contributed by atoms with Gasteiger partial charge >= 0.3 is 0 Å². The van der Waals surface area contributed by atoms with Gasteiger partial charge in [0.1, 0.15) is 18.0 Å². The molecule has 1 aromatic rings. The van der Waals surface area contributed by atoms with Crippen LogP contribution in [0.25, 0.3) is 0 Å². The molecule has 2 atom stereocenters. The van der Waals surface area contributed by atoms with Gasteiger partial charge in [-0.05, 0) is 26.1 Å². The van der Waals surface area contributed by atoms with Gasteiger partial charge in [-0.3, -0.25) is 4.98 Å². The molecule has 0 aromatic carbocycles. The molecule has 0 radical (unpaired) electrons. The second kappa shape index (κ2) is 5.27. The van der Waals surface area contributed by atoms with Gasteiger partial charge in [0.05, 0.1) is 12.8 Å². The van der Waals surface area contributed by atoms with Crippen molar-refractivity contribution in [1.29, 1.82) is 0 Å². The van der Waals surface area contributed by atoms with Gasteiger partial charge in [0, 0.05) is 19.3 Å². The topological polar surface area (TPSA) is 34.6 Å². The summed E-state index contributed by atoms with van der Waals surface area (Å²) in [7, 11) is 2.10. The minimum Gasteiger partial charge on any atom is -0.486 e. The molecule has 0 unspecified atom stereocenters. The quantitative estimate of drug-likeness (QED) is 0.769. The first-order chi connectivity index (χ1) is 7.75. The van der Waals surface area contributed by atoms with E-state index in [2.05, 4.69) is 16.9 Å². The number of hydrogen-bond acceptors (Lipinski definition) is 4. The molecular formula is C12H18N2O2. The lowest BCUT2D eigenvalue weighted by atomic mass is 10.2. The maximum absolute atomic E-state index is 5.79. The Hall–Kier alpha value is -1.13. The smallest absolute Gasteiger partial charge is 0.138 e. The van der Waals surface area contributed by atoms with E-state index in [1.807, 2.05) is 19.1 Å². The highest BCUT2D eigenvalue weighted by atomic mass is 16.5.